The number of ether oxygens (including phenoxy) is 1. The molecule has 0 aliphatic heterocycles. The van der Waals surface area contributed by atoms with E-state index >= 15 is 0 Å². The molecule has 1 aliphatic carbocycles. The number of nitro benzene ring substituents is 1. The maximum absolute atomic E-state index is 13.3. The summed E-state index contributed by atoms with van der Waals surface area (Å²) in [5, 5.41) is 25.2. The smallest absolute Gasteiger partial charge is 0.274 e. The first-order valence-corrected chi connectivity index (χ1v) is 12.4. The van der Waals surface area contributed by atoms with Gasteiger partial charge in [0.2, 0.25) is 0 Å². The molecule has 0 saturated carbocycles. The molecule has 1 aromatic carbocycles. The molecule has 0 fully saturated rings. The van der Waals surface area contributed by atoms with Gasteiger partial charge in [0.05, 0.1) is 36.5 Å². The van der Waals surface area contributed by atoms with Gasteiger partial charge in [-0.05, 0) is 48.3 Å². The molecule has 2 aromatic heterocycles. The first-order valence-electron chi connectivity index (χ1n) is 11.6. The number of aromatic hydroxyl groups is 1. The molecule has 1 atom stereocenters. The number of amides is 1. The largest absolute Gasteiger partial charge is 0.504 e. The van der Waals surface area contributed by atoms with E-state index in [2.05, 4.69) is 31.1 Å². The number of phenols is 1. The summed E-state index contributed by atoms with van der Waals surface area (Å²) in [6, 6.07) is 5.92. The highest BCUT2D eigenvalue weighted by atomic mass is 32.1. The number of aliphatic imine (C=N–C) groups is 1. The third-order valence-corrected chi connectivity index (χ3v) is 7.70. The SMILES string of the molecule is COc1cc([N+](=O)[O-])cc(C=Nc2sc3c(c2C(=O)NCc2ccco2)CC[C@@H](C(C)(C)C)C3)c1O. The molecular formula is C26H29N3O6S. The van der Waals surface area contributed by atoms with Crippen molar-refractivity contribution in [2.24, 2.45) is 16.3 Å². The van der Waals surface area contributed by atoms with Gasteiger partial charge in [-0.3, -0.25) is 14.9 Å². The van der Waals surface area contributed by atoms with Crippen molar-refractivity contribution in [2.45, 2.75) is 46.6 Å². The zero-order chi connectivity index (χ0) is 26.0. The number of thiophene rings is 1. The van der Waals surface area contributed by atoms with Gasteiger partial charge in [-0.15, -0.1) is 11.3 Å². The molecule has 190 valence electrons. The number of methoxy groups -OCH3 is 1. The summed E-state index contributed by atoms with van der Waals surface area (Å²) in [7, 11) is 1.32. The van der Waals surface area contributed by atoms with Crippen LogP contribution in [0.4, 0.5) is 10.7 Å². The van der Waals surface area contributed by atoms with Crippen LogP contribution in [0.2, 0.25) is 0 Å². The number of non-ortho nitro benzene ring substituents is 1. The normalized spacial score (nSPS) is 15.6. The Kier molecular flexibility index (Phi) is 7.16. The fourth-order valence-corrected chi connectivity index (χ4v) is 5.68. The number of nitrogens with one attached hydrogen (secondary N) is 1. The molecule has 0 saturated heterocycles. The Morgan fingerprint density at radius 3 is 2.83 bits per heavy atom. The number of furan rings is 1. The molecule has 0 bridgehead atoms. The van der Waals surface area contributed by atoms with Gasteiger partial charge in [0, 0.05) is 22.7 Å². The van der Waals surface area contributed by atoms with Crippen LogP contribution in [-0.2, 0) is 19.4 Å². The number of carbonyl (C=O) groups excluding carboxylic acids is 1. The van der Waals surface area contributed by atoms with Crippen LogP contribution in [-0.4, -0.2) is 29.3 Å². The van der Waals surface area contributed by atoms with E-state index in [1.165, 1.54) is 30.7 Å². The highest BCUT2D eigenvalue weighted by molar-refractivity contribution is 7.16. The van der Waals surface area contributed by atoms with E-state index in [0.717, 1.165) is 35.8 Å². The number of benzene rings is 1. The van der Waals surface area contributed by atoms with Crippen molar-refractivity contribution < 1.29 is 24.0 Å². The van der Waals surface area contributed by atoms with Crippen molar-refractivity contribution in [1.82, 2.24) is 5.32 Å². The topological polar surface area (TPSA) is 127 Å². The van der Waals surface area contributed by atoms with Crippen LogP contribution >= 0.6 is 11.3 Å². The van der Waals surface area contributed by atoms with E-state index in [1.807, 2.05) is 0 Å². The molecule has 36 heavy (non-hydrogen) atoms. The van der Waals surface area contributed by atoms with Gasteiger partial charge in [0.1, 0.15) is 10.8 Å². The fraction of sp³-hybridized carbons (Fsp3) is 0.385. The van der Waals surface area contributed by atoms with Crippen molar-refractivity contribution >= 4 is 34.1 Å². The summed E-state index contributed by atoms with van der Waals surface area (Å²) in [5.74, 6) is 0.569. The Balaban J connectivity index is 1.72. The minimum Gasteiger partial charge on any atom is -0.504 e. The predicted octanol–water partition coefficient (Wildman–Crippen LogP) is 5.80. The molecule has 1 amide bonds. The quantitative estimate of drug-likeness (QED) is 0.235. The Bertz CT molecular complexity index is 1300. The number of nitrogens with zero attached hydrogens (tertiary/aromatic N) is 2. The van der Waals surface area contributed by atoms with Crippen LogP contribution in [0.1, 0.15) is 59.3 Å². The van der Waals surface area contributed by atoms with Crippen LogP contribution in [0.15, 0.2) is 39.9 Å². The van der Waals surface area contributed by atoms with E-state index in [1.54, 1.807) is 18.4 Å². The van der Waals surface area contributed by atoms with Gasteiger partial charge >= 0.3 is 0 Å². The highest BCUT2D eigenvalue weighted by Crippen LogP contribution is 2.45. The summed E-state index contributed by atoms with van der Waals surface area (Å²) >= 11 is 1.45. The van der Waals surface area contributed by atoms with E-state index < -0.39 is 4.92 Å². The van der Waals surface area contributed by atoms with E-state index in [0.29, 0.717) is 22.2 Å². The van der Waals surface area contributed by atoms with Gasteiger partial charge in [0.25, 0.3) is 11.6 Å². The molecule has 1 aliphatic rings. The first kappa shape index (κ1) is 25.4. The van der Waals surface area contributed by atoms with Crippen LogP contribution in [0.3, 0.4) is 0 Å². The molecule has 9 nitrogen and oxygen atoms in total. The average Bonchev–Trinajstić information content (AvgIpc) is 3.48. The zero-order valence-electron chi connectivity index (χ0n) is 20.7. The Labute approximate surface area is 213 Å². The summed E-state index contributed by atoms with van der Waals surface area (Å²) in [5.41, 5.74) is 1.52. The van der Waals surface area contributed by atoms with Crippen LogP contribution in [0.25, 0.3) is 0 Å². The molecule has 0 unspecified atom stereocenters. The van der Waals surface area contributed by atoms with Gasteiger partial charge < -0.3 is 19.6 Å². The molecule has 4 rings (SSSR count). The first-order chi connectivity index (χ1) is 17.1. The lowest BCUT2D eigenvalue weighted by Crippen LogP contribution is -2.28. The van der Waals surface area contributed by atoms with Crippen molar-refractivity contribution in [2.75, 3.05) is 7.11 Å². The third kappa shape index (κ3) is 5.28. The second kappa shape index (κ2) is 10.1. The number of rotatable bonds is 7. The molecule has 2 N–H and O–H groups in total. The predicted molar refractivity (Wildman–Crippen MR) is 138 cm³/mol. The van der Waals surface area contributed by atoms with E-state index in [9.17, 15) is 20.0 Å². The van der Waals surface area contributed by atoms with Crippen molar-refractivity contribution in [3.63, 3.8) is 0 Å². The standard InChI is InChI=1S/C26H29N3O6S/c1-26(2,3)16-7-8-19-21(11-16)36-25(22(19)24(31)27-14-18-6-5-9-35-18)28-13-15-10-17(29(32)33)12-20(34-4)23(15)30/h5-6,9-10,12-13,16,30H,7-8,11,14H2,1-4H3,(H,27,31)/t16-/m1/s1. The Morgan fingerprint density at radius 1 is 1.42 bits per heavy atom. The number of hydrogen-bond donors (Lipinski definition) is 2. The van der Waals surface area contributed by atoms with Crippen LogP contribution in [0.5, 0.6) is 11.5 Å². The van der Waals surface area contributed by atoms with E-state index in [4.69, 9.17) is 9.15 Å². The second-order valence-corrected chi connectivity index (χ2v) is 10.9. The van der Waals surface area contributed by atoms with Gasteiger partial charge in [0.15, 0.2) is 11.5 Å². The second-order valence-electron chi connectivity index (χ2n) is 9.85. The number of hydrogen-bond acceptors (Lipinski definition) is 8. The number of carbonyl (C=O) groups is 1. The maximum Gasteiger partial charge on any atom is 0.274 e. The fourth-order valence-electron chi connectivity index (χ4n) is 4.41. The third-order valence-electron chi connectivity index (χ3n) is 6.54. The molecule has 3 aromatic rings. The van der Waals surface area contributed by atoms with Crippen molar-refractivity contribution in [1.29, 1.82) is 0 Å². The van der Waals surface area contributed by atoms with Gasteiger partial charge in [-0.2, -0.15) is 0 Å². The lowest BCUT2D eigenvalue weighted by Gasteiger charge is -2.33. The number of nitro groups is 1. The minimum atomic E-state index is -0.566. The van der Waals surface area contributed by atoms with Crippen LogP contribution in [0, 0.1) is 21.4 Å². The minimum absolute atomic E-state index is 0.0273. The summed E-state index contributed by atoms with van der Waals surface area (Å²) < 4.78 is 10.4. The molecule has 10 heteroatoms. The molecule has 0 spiro atoms. The van der Waals surface area contributed by atoms with Gasteiger partial charge in [-0.25, -0.2) is 4.99 Å². The summed E-state index contributed by atoms with van der Waals surface area (Å²) in [4.78, 5) is 29.7. The highest BCUT2D eigenvalue weighted by Gasteiger charge is 2.33. The summed E-state index contributed by atoms with van der Waals surface area (Å²) in [6.07, 6.45) is 5.48. The van der Waals surface area contributed by atoms with Crippen molar-refractivity contribution in [3.8, 4) is 11.5 Å². The number of phenolic OH excluding ortho intramolecular Hbond substituents is 1. The molecular weight excluding hydrogens is 482 g/mol. The Hall–Kier alpha value is -3.66. The monoisotopic (exact) mass is 511 g/mol. The molecule has 2 heterocycles. The zero-order valence-corrected chi connectivity index (χ0v) is 21.5. The van der Waals surface area contributed by atoms with Crippen LogP contribution < -0.4 is 10.1 Å². The molecule has 0 radical (unpaired) electrons. The lowest BCUT2D eigenvalue weighted by atomic mass is 9.72. The summed E-state index contributed by atoms with van der Waals surface area (Å²) in [6.45, 7) is 6.92. The maximum atomic E-state index is 13.3. The van der Waals surface area contributed by atoms with Crippen molar-refractivity contribution in [3.05, 3.63) is 68.0 Å². The van der Waals surface area contributed by atoms with Gasteiger partial charge in [-0.1, -0.05) is 20.8 Å². The number of fused-ring (bicyclic) bond motifs is 1. The average molecular weight is 512 g/mol. The van der Waals surface area contributed by atoms with E-state index in [-0.39, 0.29) is 40.6 Å². The lowest BCUT2D eigenvalue weighted by molar-refractivity contribution is -0.385. The Morgan fingerprint density at radius 2 is 2.19 bits per heavy atom.